The van der Waals surface area contributed by atoms with E-state index in [1.54, 1.807) is 11.3 Å². The van der Waals surface area contributed by atoms with E-state index < -0.39 is 16.0 Å². The zero-order valence-corrected chi connectivity index (χ0v) is 18.1. The van der Waals surface area contributed by atoms with Crippen molar-refractivity contribution in [1.82, 2.24) is 14.2 Å². The van der Waals surface area contributed by atoms with E-state index in [0.717, 1.165) is 23.7 Å². The van der Waals surface area contributed by atoms with E-state index in [2.05, 4.69) is 26.9 Å². The van der Waals surface area contributed by atoms with Crippen molar-refractivity contribution in [1.29, 1.82) is 0 Å². The molecule has 28 heavy (non-hydrogen) atoms. The molecule has 0 unspecified atom stereocenters. The predicted molar refractivity (Wildman–Crippen MR) is 108 cm³/mol. The summed E-state index contributed by atoms with van der Waals surface area (Å²) in [5.74, 6) is -0.562. The maximum Gasteiger partial charge on any atom is 0.337 e. The lowest BCUT2D eigenvalue weighted by Gasteiger charge is -2.33. The van der Waals surface area contributed by atoms with Crippen LogP contribution < -0.4 is 0 Å². The van der Waals surface area contributed by atoms with Crippen LogP contribution in [0.25, 0.3) is 0 Å². The first-order valence-electron chi connectivity index (χ1n) is 8.88. The number of methoxy groups -OCH3 is 1. The van der Waals surface area contributed by atoms with E-state index in [0.29, 0.717) is 26.2 Å². The van der Waals surface area contributed by atoms with Crippen LogP contribution in [0.4, 0.5) is 0 Å². The standard InChI is InChI=1S/C18H22ClN3O4S2/c1-3-17-20-14(12-27-17)11-21-6-8-22(9-7-21)28(24,25)16-5-4-13(10-15(16)19)18(23)26-2/h4-5,10,12H,3,6-9,11H2,1-2H3. The molecule has 1 saturated heterocycles. The smallest absolute Gasteiger partial charge is 0.337 e. The molecule has 0 radical (unpaired) electrons. The summed E-state index contributed by atoms with van der Waals surface area (Å²) in [7, 11) is -2.47. The quantitative estimate of drug-likeness (QED) is 0.638. The molecular formula is C18H22ClN3O4S2. The van der Waals surface area contributed by atoms with Gasteiger partial charge in [-0.3, -0.25) is 4.90 Å². The first kappa shape index (κ1) is 21.2. The van der Waals surface area contributed by atoms with Crippen LogP contribution in [0.1, 0.15) is 28.0 Å². The fourth-order valence-electron chi connectivity index (χ4n) is 3.03. The van der Waals surface area contributed by atoms with Gasteiger partial charge in [-0.25, -0.2) is 18.2 Å². The van der Waals surface area contributed by atoms with Crippen molar-refractivity contribution in [2.24, 2.45) is 0 Å². The number of aromatic nitrogens is 1. The summed E-state index contributed by atoms with van der Waals surface area (Å²) < 4.78 is 32.0. The van der Waals surface area contributed by atoms with Gasteiger partial charge in [0.25, 0.3) is 0 Å². The molecule has 0 bridgehead atoms. The molecule has 0 atom stereocenters. The zero-order chi connectivity index (χ0) is 20.3. The van der Waals surface area contributed by atoms with Crippen LogP contribution in [-0.2, 0) is 27.7 Å². The number of hydrogen-bond donors (Lipinski definition) is 0. The lowest BCUT2D eigenvalue weighted by molar-refractivity contribution is 0.0600. The maximum absolute atomic E-state index is 13.0. The molecule has 1 aliphatic rings. The second-order valence-corrected chi connectivity index (χ2v) is 9.66. The van der Waals surface area contributed by atoms with Gasteiger partial charge in [0.2, 0.25) is 10.0 Å². The van der Waals surface area contributed by atoms with Gasteiger partial charge in [-0.15, -0.1) is 11.3 Å². The molecule has 2 aromatic rings. The van der Waals surface area contributed by atoms with Gasteiger partial charge >= 0.3 is 5.97 Å². The first-order valence-corrected chi connectivity index (χ1v) is 11.6. The van der Waals surface area contributed by atoms with E-state index in [1.165, 1.54) is 29.6 Å². The van der Waals surface area contributed by atoms with Gasteiger partial charge in [-0.05, 0) is 24.6 Å². The number of carbonyl (C=O) groups is 1. The first-order chi connectivity index (χ1) is 13.3. The Morgan fingerprint density at radius 3 is 2.57 bits per heavy atom. The molecule has 0 amide bonds. The van der Waals surface area contributed by atoms with Crippen molar-refractivity contribution < 1.29 is 17.9 Å². The molecule has 1 aromatic heterocycles. The van der Waals surface area contributed by atoms with Crippen molar-refractivity contribution in [3.63, 3.8) is 0 Å². The number of piperazine rings is 1. The topological polar surface area (TPSA) is 79.8 Å². The minimum absolute atomic E-state index is 0.00218. The minimum Gasteiger partial charge on any atom is -0.465 e. The highest BCUT2D eigenvalue weighted by Gasteiger charge is 2.30. The highest BCUT2D eigenvalue weighted by molar-refractivity contribution is 7.89. The highest BCUT2D eigenvalue weighted by Crippen LogP contribution is 2.27. The van der Waals surface area contributed by atoms with Crippen molar-refractivity contribution in [2.75, 3.05) is 33.3 Å². The van der Waals surface area contributed by atoms with Crippen molar-refractivity contribution in [3.05, 3.63) is 44.9 Å². The molecule has 0 spiro atoms. The molecule has 0 saturated carbocycles. The number of ether oxygens (including phenoxy) is 1. The van der Waals surface area contributed by atoms with Gasteiger partial charge in [-0.1, -0.05) is 18.5 Å². The van der Waals surface area contributed by atoms with Crippen LogP contribution in [0.2, 0.25) is 5.02 Å². The number of hydrogen-bond acceptors (Lipinski definition) is 7. The number of esters is 1. The Hall–Kier alpha value is -1.52. The number of aryl methyl sites for hydroxylation is 1. The third-order valence-corrected chi connectivity index (χ3v) is 8.01. The Morgan fingerprint density at radius 1 is 1.29 bits per heavy atom. The third-order valence-electron chi connectivity index (χ3n) is 4.59. The summed E-state index contributed by atoms with van der Waals surface area (Å²) in [6, 6.07) is 4.09. The summed E-state index contributed by atoms with van der Waals surface area (Å²) >= 11 is 7.81. The Morgan fingerprint density at radius 2 is 2.00 bits per heavy atom. The lowest BCUT2D eigenvalue weighted by Crippen LogP contribution is -2.48. The van der Waals surface area contributed by atoms with E-state index in [9.17, 15) is 13.2 Å². The molecule has 152 valence electrons. The van der Waals surface area contributed by atoms with Gasteiger partial charge in [0.05, 0.1) is 28.4 Å². The van der Waals surface area contributed by atoms with E-state index in [4.69, 9.17) is 11.6 Å². The number of halogens is 1. The summed E-state index contributed by atoms with van der Waals surface area (Å²) in [5, 5.41) is 3.19. The second kappa shape index (κ2) is 8.87. The SMILES string of the molecule is CCc1nc(CN2CCN(S(=O)(=O)c3ccc(C(=O)OC)cc3Cl)CC2)cs1. The summed E-state index contributed by atoms with van der Waals surface area (Å²) in [4.78, 5) is 18.4. The van der Waals surface area contributed by atoms with E-state index >= 15 is 0 Å². The number of sulfonamides is 1. The largest absolute Gasteiger partial charge is 0.465 e. The minimum atomic E-state index is -3.73. The molecular weight excluding hydrogens is 422 g/mol. The number of carbonyl (C=O) groups excluding carboxylic acids is 1. The highest BCUT2D eigenvalue weighted by atomic mass is 35.5. The average molecular weight is 444 g/mol. The number of thiazole rings is 1. The van der Waals surface area contributed by atoms with Crippen LogP contribution in [-0.4, -0.2) is 61.9 Å². The normalized spacial score (nSPS) is 16.2. The predicted octanol–water partition coefficient (Wildman–Crippen LogP) is 2.65. The van der Waals surface area contributed by atoms with Crippen molar-refractivity contribution in [3.8, 4) is 0 Å². The van der Waals surface area contributed by atoms with Gasteiger partial charge in [0.1, 0.15) is 4.90 Å². The monoisotopic (exact) mass is 443 g/mol. The summed E-state index contributed by atoms with van der Waals surface area (Å²) in [5.41, 5.74) is 1.24. The van der Waals surface area contributed by atoms with Crippen LogP contribution in [0.15, 0.2) is 28.5 Å². The molecule has 1 aromatic carbocycles. The third kappa shape index (κ3) is 4.55. The molecule has 2 heterocycles. The summed E-state index contributed by atoms with van der Waals surface area (Å²) in [6.45, 7) is 4.80. The maximum atomic E-state index is 13.0. The fourth-order valence-corrected chi connectivity index (χ4v) is 5.71. The molecule has 1 aliphatic heterocycles. The van der Waals surface area contributed by atoms with E-state index in [-0.39, 0.29) is 15.5 Å². The Kier molecular flexibility index (Phi) is 6.72. The van der Waals surface area contributed by atoms with Crippen LogP contribution in [0, 0.1) is 0 Å². The summed E-state index contributed by atoms with van der Waals surface area (Å²) in [6.07, 6.45) is 0.923. The van der Waals surface area contributed by atoms with Gasteiger partial charge in [0.15, 0.2) is 0 Å². The number of benzene rings is 1. The number of rotatable bonds is 6. The van der Waals surface area contributed by atoms with Crippen LogP contribution in [0.5, 0.6) is 0 Å². The zero-order valence-electron chi connectivity index (χ0n) is 15.7. The molecule has 10 heteroatoms. The average Bonchev–Trinajstić information content (AvgIpc) is 3.15. The molecule has 1 fully saturated rings. The second-order valence-electron chi connectivity index (χ2n) is 6.40. The van der Waals surface area contributed by atoms with Crippen molar-refractivity contribution in [2.45, 2.75) is 24.8 Å². The van der Waals surface area contributed by atoms with Gasteiger partial charge < -0.3 is 4.74 Å². The molecule has 0 aliphatic carbocycles. The Labute approximate surface area is 173 Å². The number of nitrogens with zero attached hydrogens (tertiary/aromatic N) is 3. The van der Waals surface area contributed by atoms with Crippen molar-refractivity contribution >= 4 is 38.9 Å². The van der Waals surface area contributed by atoms with Crippen LogP contribution >= 0.6 is 22.9 Å². The molecule has 0 N–H and O–H groups in total. The molecule has 7 nitrogen and oxygen atoms in total. The van der Waals surface area contributed by atoms with Gasteiger partial charge in [-0.2, -0.15) is 4.31 Å². The fraction of sp³-hybridized carbons (Fsp3) is 0.444. The Bertz CT molecular complexity index is 953. The van der Waals surface area contributed by atoms with E-state index in [1.807, 2.05) is 0 Å². The van der Waals surface area contributed by atoms with Gasteiger partial charge in [0, 0.05) is 38.1 Å². The van der Waals surface area contributed by atoms with Crippen LogP contribution in [0.3, 0.4) is 0 Å². The Balaban J connectivity index is 1.66. The lowest BCUT2D eigenvalue weighted by atomic mass is 10.2. The molecule has 3 rings (SSSR count).